The van der Waals surface area contributed by atoms with Crippen molar-refractivity contribution < 1.29 is 28.1 Å². The molecule has 0 aromatic carbocycles. The number of aliphatic hydroxyl groups is 2. The summed E-state index contributed by atoms with van der Waals surface area (Å²) in [5, 5.41) is 24.8. The molecule has 1 aliphatic rings. The Labute approximate surface area is 114 Å². The van der Waals surface area contributed by atoms with Crippen molar-refractivity contribution in [3.63, 3.8) is 0 Å². The third-order valence-corrected chi connectivity index (χ3v) is 3.49. The second-order valence-corrected chi connectivity index (χ2v) is 4.87. The second-order valence-electron chi connectivity index (χ2n) is 4.46. The molecule has 4 N–H and O–H groups in total. The van der Waals surface area contributed by atoms with Gasteiger partial charge in [-0.3, -0.25) is 0 Å². The van der Waals surface area contributed by atoms with E-state index in [2.05, 4.69) is 10.6 Å². The molecule has 0 aliphatic carbocycles. The van der Waals surface area contributed by atoms with E-state index in [-0.39, 0.29) is 6.61 Å². The van der Waals surface area contributed by atoms with E-state index >= 15 is 0 Å². The molecule has 5 nitrogen and oxygen atoms in total. The van der Waals surface area contributed by atoms with Crippen molar-refractivity contribution in [3.8, 4) is 0 Å². The second kappa shape index (κ2) is 6.21. The number of alkyl halides is 3. The molecule has 0 saturated carbocycles. The Hall–Kier alpha value is -0.640. The Morgan fingerprint density at radius 2 is 2.05 bits per heavy atom. The van der Waals surface area contributed by atoms with Crippen molar-refractivity contribution in [2.24, 2.45) is 5.92 Å². The standard InChI is InChI=1S/C10H17F3N2O3S/c1-4-5(15-9(19)14-2)3-18-7(6(4)16)8(17)10(11,12)13/h4-8,16-17H,3H2,1-2H3,(H2,14,15,19). The van der Waals surface area contributed by atoms with E-state index in [4.69, 9.17) is 22.1 Å². The van der Waals surface area contributed by atoms with Crippen molar-refractivity contribution in [2.45, 2.75) is 37.5 Å². The average molecular weight is 302 g/mol. The highest BCUT2D eigenvalue weighted by molar-refractivity contribution is 7.80. The molecular weight excluding hydrogens is 285 g/mol. The topological polar surface area (TPSA) is 73.8 Å². The maximum atomic E-state index is 12.4. The van der Waals surface area contributed by atoms with E-state index in [1.807, 2.05) is 0 Å². The van der Waals surface area contributed by atoms with Gasteiger partial charge in [0, 0.05) is 13.0 Å². The number of halogens is 3. The lowest BCUT2D eigenvalue weighted by atomic mass is 9.87. The quantitative estimate of drug-likeness (QED) is 0.528. The molecule has 1 aliphatic heterocycles. The van der Waals surface area contributed by atoms with E-state index in [1.54, 1.807) is 14.0 Å². The highest BCUT2D eigenvalue weighted by Crippen LogP contribution is 2.30. The van der Waals surface area contributed by atoms with Gasteiger partial charge >= 0.3 is 6.18 Å². The summed E-state index contributed by atoms with van der Waals surface area (Å²) in [5.74, 6) is -0.554. The zero-order valence-corrected chi connectivity index (χ0v) is 11.3. The van der Waals surface area contributed by atoms with E-state index in [0.29, 0.717) is 5.11 Å². The Bertz CT molecular complexity index is 330. The Morgan fingerprint density at radius 1 is 1.47 bits per heavy atom. The Kier molecular flexibility index (Phi) is 5.36. The number of aliphatic hydroxyl groups excluding tert-OH is 2. The monoisotopic (exact) mass is 302 g/mol. The van der Waals surface area contributed by atoms with Gasteiger partial charge in [-0.05, 0) is 12.2 Å². The maximum Gasteiger partial charge on any atom is 0.417 e. The van der Waals surface area contributed by atoms with Gasteiger partial charge in [0.25, 0.3) is 0 Å². The predicted octanol–water partition coefficient (Wildman–Crippen LogP) is -0.232. The SMILES string of the molecule is CNC(=S)NC1COC(C(O)C(F)(F)F)C(O)C1C. The molecule has 9 heteroatoms. The van der Waals surface area contributed by atoms with Crippen LogP contribution in [0, 0.1) is 5.92 Å². The minimum Gasteiger partial charge on any atom is -0.390 e. The lowest BCUT2D eigenvalue weighted by Gasteiger charge is -2.41. The van der Waals surface area contributed by atoms with Crippen molar-refractivity contribution in [2.75, 3.05) is 13.7 Å². The van der Waals surface area contributed by atoms with E-state index in [0.717, 1.165) is 0 Å². The molecule has 0 amide bonds. The minimum atomic E-state index is -4.83. The van der Waals surface area contributed by atoms with Gasteiger partial charge < -0.3 is 25.6 Å². The molecule has 1 heterocycles. The van der Waals surface area contributed by atoms with Crippen molar-refractivity contribution in [1.82, 2.24) is 10.6 Å². The van der Waals surface area contributed by atoms with Crippen molar-refractivity contribution in [1.29, 1.82) is 0 Å². The molecule has 5 atom stereocenters. The molecule has 1 fully saturated rings. The van der Waals surface area contributed by atoms with Crippen LogP contribution in [0.5, 0.6) is 0 Å². The summed E-state index contributed by atoms with van der Waals surface area (Å²) in [6.45, 7) is 1.48. The molecule has 0 aromatic heterocycles. The summed E-state index contributed by atoms with van der Waals surface area (Å²) >= 11 is 4.88. The van der Waals surface area contributed by atoms with Gasteiger partial charge in [0.1, 0.15) is 6.10 Å². The molecule has 1 saturated heterocycles. The van der Waals surface area contributed by atoms with E-state index in [1.165, 1.54) is 0 Å². The van der Waals surface area contributed by atoms with Gasteiger partial charge in [0.2, 0.25) is 0 Å². The lowest BCUT2D eigenvalue weighted by molar-refractivity contribution is -0.263. The van der Waals surface area contributed by atoms with Gasteiger partial charge in [0.15, 0.2) is 11.2 Å². The summed E-state index contributed by atoms with van der Waals surface area (Å²) < 4.78 is 42.2. The molecule has 0 bridgehead atoms. The molecule has 19 heavy (non-hydrogen) atoms. The molecule has 0 spiro atoms. The third-order valence-electron chi connectivity index (χ3n) is 3.17. The predicted molar refractivity (Wildman–Crippen MR) is 65.6 cm³/mol. The van der Waals surface area contributed by atoms with Gasteiger partial charge in [0.05, 0.1) is 18.8 Å². The minimum absolute atomic E-state index is 0.0855. The zero-order chi connectivity index (χ0) is 14.8. The fraction of sp³-hybridized carbons (Fsp3) is 0.900. The van der Waals surface area contributed by atoms with Crippen LogP contribution in [0.1, 0.15) is 6.92 Å². The van der Waals surface area contributed by atoms with Crippen LogP contribution in [0.25, 0.3) is 0 Å². The number of rotatable bonds is 2. The highest BCUT2D eigenvalue weighted by Gasteiger charge is 2.50. The molecule has 5 unspecified atom stereocenters. The number of hydrogen-bond donors (Lipinski definition) is 4. The van der Waals surface area contributed by atoms with Gasteiger partial charge in [-0.1, -0.05) is 6.92 Å². The third kappa shape index (κ3) is 3.91. The summed E-state index contributed by atoms with van der Waals surface area (Å²) in [5.41, 5.74) is 0. The molecule has 0 radical (unpaired) electrons. The van der Waals surface area contributed by atoms with Crippen LogP contribution in [0.15, 0.2) is 0 Å². The van der Waals surface area contributed by atoms with Crippen LogP contribution < -0.4 is 10.6 Å². The Balaban J connectivity index is 2.69. The van der Waals surface area contributed by atoms with Crippen LogP contribution in [0.3, 0.4) is 0 Å². The highest BCUT2D eigenvalue weighted by atomic mass is 32.1. The van der Waals surface area contributed by atoms with Crippen LogP contribution in [0.2, 0.25) is 0 Å². The molecule has 1 rings (SSSR count). The van der Waals surface area contributed by atoms with Gasteiger partial charge in [-0.2, -0.15) is 13.2 Å². The van der Waals surface area contributed by atoms with Gasteiger partial charge in [-0.25, -0.2) is 0 Å². The number of hydrogen-bond acceptors (Lipinski definition) is 4. The Morgan fingerprint density at radius 3 is 2.53 bits per heavy atom. The largest absolute Gasteiger partial charge is 0.417 e. The fourth-order valence-corrected chi connectivity index (χ4v) is 2.03. The number of ether oxygens (including phenoxy) is 1. The molecular formula is C10H17F3N2O3S. The lowest BCUT2D eigenvalue weighted by Crippen LogP contribution is -2.60. The first-order valence-electron chi connectivity index (χ1n) is 5.71. The van der Waals surface area contributed by atoms with Crippen LogP contribution in [-0.2, 0) is 4.74 Å². The molecule has 0 aromatic rings. The first kappa shape index (κ1) is 16.4. The van der Waals surface area contributed by atoms with E-state index in [9.17, 15) is 18.3 Å². The van der Waals surface area contributed by atoms with Crippen molar-refractivity contribution >= 4 is 17.3 Å². The van der Waals surface area contributed by atoms with Crippen LogP contribution in [0.4, 0.5) is 13.2 Å². The smallest absolute Gasteiger partial charge is 0.390 e. The molecule has 112 valence electrons. The zero-order valence-electron chi connectivity index (χ0n) is 10.4. The normalized spacial score (nSPS) is 33.6. The first-order chi connectivity index (χ1) is 8.68. The van der Waals surface area contributed by atoms with Crippen LogP contribution in [-0.4, -0.2) is 59.5 Å². The van der Waals surface area contributed by atoms with Crippen molar-refractivity contribution in [3.05, 3.63) is 0 Å². The maximum absolute atomic E-state index is 12.4. The number of thiocarbonyl (C=S) groups is 1. The first-order valence-corrected chi connectivity index (χ1v) is 6.12. The average Bonchev–Trinajstić information content (AvgIpc) is 2.33. The summed E-state index contributed by atoms with van der Waals surface area (Å²) in [4.78, 5) is 0. The number of nitrogens with one attached hydrogen (secondary N) is 2. The van der Waals surface area contributed by atoms with Crippen LogP contribution >= 0.6 is 12.2 Å². The van der Waals surface area contributed by atoms with E-state index < -0.39 is 36.4 Å². The fourth-order valence-electron chi connectivity index (χ4n) is 1.88. The van der Waals surface area contributed by atoms with Gasteiger partial charge in [-0.15, -0.1) is 0 Å². The summed E-state index contributed by atoms with van der Waals surface area (Å²) in [7, 11) is 1.59. The summed E-state index contributed by atoms with van der Waals surface area (Å²) in [6.07, 6.45) is -10.7. The summed E-state index contributed by atoms with van der Waals surface area (Å²) in [6, 6.07) is -0.424.